The van der Waals surface area contributed by atoms with Crippen molar-refractivity contribution in [1.82, 2.24) is 9.38 Å². The van der Waals surface area contributed by atoms with Gasteiger partial charge in [-0.2, -0.15) is 0 Å². The molecular weight excluding hydrogens is 431 g/mol. The van der Waals surface area contributed by atoms with Crippen LogP contribution in [0.3, 0.4) is 0 Å². The van der Waals surface area contributed by atoms with Crippen molar-refractivity contribution in [1.29, 1.82) is 0 Å². The summed E-state index contributed by atoms with van der Waals surface area (Å²) in [6.07, 6.45) is 1.68. The maximum atomic E-state index is 11.9. The number of imidazole rings is 1. The van der Waals surface area contributed by atoms with Crippen LogP contribution in [-0.2, 0) is 0 Å². The molecule has 0 saturated heterocycles. The van der Waals surface area contributed by atoms with Gasteiger partial charge in [-0.3, -0.25) is 14.5 Å². The lowest BCUT2D eigenvalue weighted by Crippen LogP contribution is -1.99. The largest absolute Gasteiger partial charge is 0.453 e. The monoisotopic (exact) mass is 442 g/mol. The molecule has 1 aliphatic rings. The Morgan fingerprint density at radius 1 is 1.03 bits per heavy atom. The van der Waals surface area contributed by atoms with Crippen LogP contribution in [0.4, 0.5) is 17.2 Å². The summed E-state index contributed by atoms with van der Waals surface area (Å²) in [5.74, 6) is 0.922. The zero-order chi connectivity index (χ0) is 20.8. The first-order valence-electron chi connectivity index (χ1n) is 8.79. The molecule has 0 saturated carbocycles. The van der Waals surface area contributed by atoms with Gasteiger partial charge in [0.05, 0.1) is 15.5 Å². The lowest BCUT2D eigenvalue weighted by Gasteiger charge is -2.10. The average Bonchev–Trinajstić information content (AvgIpc) is 3.33. The van der Waals surface area contributed by atoms with Crippen LogP contribution in [0.15, 0.2) is 54.7 Å². The molecule has 30 heavy (non-hydrogen) atoms. The summed E-state index contributed by atoms with van der Waals surface area (Å²) in [4.78, 5) is 16.0. The molecule has 1 aliphatic heterocycles. The third kappa shape index (κ3) is 3.06. The highest BCUT2D eigenvalue weighted by Gasteiger charge is 2.32. The van der Waals surface area contributed by atoms with Crippen molar-refractivity contribution < 1.29 is 14.4 Å². The molecule has 0 radical (unpaired) electrons. The predicted molar refractivity (Wildman–Crippen MR) is 113 cm³/mol. The molecule has 150 valence electrons. The second-order valence-corrected chi connectivity index (χ2v) is 7.34. The highest BCUT2D eigenvalue weighted by molar-refractivity contribution is 6.30. The molecule has 0 fully saturated rings. The van der Waals surface area contributed by atoms with Gasteiger partial charge < -0.3 is 14.8 Å². The summed E-state index contributed by atoms with van der Waals surface area (Å²) in [6.45, 7) is -0.0731. The number of anilines is 2. The Morgan fingerprint density at radius 3 is 2.57 bits per heavy atom. The Bertz CT molecular complexity index is 1300. The number of hydrogen-bond donors (Lipinski definition) is 1. The van der Waals surface area contributed by atoms with E-state index in [2.05, 4.69) is 10.3 Å². The van der Waals surface area contributed by atoms with E-state index in [-0.39, 0.29) is 18.2 Å². The van der Waals surface area contributed by atoms with Gasteiger partial charge in [0.15, 0.2) is 5.75 Å². The molecule has 8 nitrogen and oxygen atoms in total. The summed E-state index contributed by atoms with van der Waals surface area (Å²) in [5, 5.41) is 16.3. The quantitative estimate of drug-likeness (QED) is 0.322. The van der Waals surface area contributed by atoms with Crippen LogP contribution in [0, 0.1) is 10.1 Å². The van der Waals surface area contributed by atoms with Crippen LogP contribution in [0.25, 0.3) is 16.9 Å². The molecule has 2 aromatic heterocycles. The van der Waals surface area contributed by atoms with Gasteiger partial charge in [-0.1, -0.05) is 23.2 Å². The van der Waals surface area contributed by atoms with Crippen LogP contribution in [0.5, 0.6) is 11.5 Å². The van der Waals surface area contributed by atoms with Crippen LogP contribution in [0.2, 0.25) is 10.0 Å². The van der Waals surface area contributed by atoms with E-state index in [1.807, 2.05) is 0 Å². The summed E-state index contributed by atoms with van der Waals surface area (Å²) >= 11 is 12.2. The van der Waals surface area contributed by atoms with Gasteiger partial charge in [0.1, 0.15) is 17.2 Å². The minimum absolute atomic E-state index is 0.0731. The molecule has 1 N–H and O–H groups in total. The van der Waals surface area contributed by atoms with E-state index >= 15 is 0 Å². The zero-order valence-corrected chi connectivity index (χ0v) is 16.6. The zero-order valence-electron chi connectivity index (χ0n) is 15.1. The van der Waals surface area contributed by atoms with Crippen LogP contribution in [-0.4, -0.2) is 21.1 Å². The second-order valence-electron chi connectivity index (χ2n) is 6.47. The van der Waals surface area contributed by atoms with E-state index in [1.54, 1.807) is 59.1 Å². The van der Waals surface area contributed by atoms with Gasteiger partial charge in [-0.15, -0.1) is 0 Å². The number of fused-ring (bicyclic) bond motifs is 2. The van der Waals surface area contributed by atoms with E-state index in [4.69, 9.17) is 32.7 Å². The standard InChI is InChI=1S/C20H12Cl2N4O4/c21-11-1-4-13(5-2-11)23-20-17(24-16-8-3-12(22)9-25(16)20)14-6-7-15-19(30-10-29-15)18(14)26(27)28/h1-9,23H,10H2. The highest BCUT2D eigenvalue weighted by Crippen LogP contribution is 2.48. The fourth-order valence-corrected chi connectivity index (χ4v) is 3.61. The minimum atomic E-state index is -0.494. The first-order valence-corrected chi connectivity index (χ1v) is 9.54. The Hall–Kier alpha value is -3.49. The molecule has 0 unspecified atom stereocenters. The van der Waals surface area contributed by atoms with Crippen LogP contribution < -0.4 is 14.8 Å². The number of halogens is 2. The number of hydrogen-bond acceptors (Lipinski definition) is 6. The molecule has 0 spiro atoms. The van der Waals surface area contributed by atoms with Gasteiger partial charge in [0, 0.05) is 16.9 Å². The van der Waals surface area contributed by atoms with E-state index in [9.17, 15) is 10.1 Å². The maximum absolute atomic E-state index is 11.9. The molecule has 3 heterocycles. The molecule has 0 atom stereocenters. The smallest absolute Gasteiger partial charge is 0.324 e. The Kier molecular flexibility index (Phi) is 4.38. The number of nitrogens with zero attached hydrogens (tertiary/aromatic N) is 3. The van der Waals surface area contributed by atoms with Crippen molar-refractivity contribution in [3.8, 4) is 22.8 Å². The van der Waals surface area contributed by atoms with Crippen LogP contribution in [0.1, 0.15) is 0 Å². The van der Waals surface area contributed by atoms with Gasteiger partial charge in [-0.25, -0.2) is 4.98 Å². The van der Waals surface area contributed by atoms with Gasteiger partial charge >= 0.3 is 5.69 Å². The first-order chi connectivity index (χ1) is 14.5. The maximum Gasteiger partial charge on any atom is 0.324 e. The minimum Gasteiger partial charge on any atom is -0.453 e. The van der Waals surface area contributed by atoms with E-state index in [0.717, 1.165) is 5.69 Å². The summed E-state index contributed by atoms with van der Waals surface area (Å²) in [5.41, 5.74) is 1.75. The van der Waals surface area contributed by atoms with Crippen LogP contribution >= 0.6 is 23.2 Å². The van der Waals surface area contributed by atoms with Crippen molar-refractivity contribution in [3.63, 3.8) is 0 Å². The van der Waals surface area contributed by atoms with Crippen molar-refractivity contribution in [2.75, 3.05) is 12.1 Å². The summed E-state index contributed by atoms with van der Waals surface area (Å²) in [6, 6.07) is 13.7. The molecule has 4 aromatic rings. The number of nitrogens with one attached hydrogen (secondary N) is 1. The molecule has 0 amide bonds. The molecule has 2 aromatic carbocycles. The van der Waals surface area contributed by atoms with Crippen molar-refractivity contribution in [2.45, 2.75) is 0 Å². The van der Waals surface area contributed by atoms with Gasteiger partial charge in [-0.05, 0) is 48.5 Å². The number of rotatable bonds is 4. The first kappa shape index (κ1) is 18.5. The van der Waals surface area contributed by atoms with E-state index in [1.165, 1.54) is 0 Å². The average molecular weight is 443 g/mol. The Morgan fingerprint density at radius 2 is 1.80 bits per heavy atom. The third-order valence-corrected chi connectivity index (χ3v) is 5.12. The molecule has 0 bridgehead atoms. The SMILES string of the molecule is O=[N+]([O-])c1c(-c2nc3ccc(Cl)cn3c2Nc2ccc(Cl)cc2)ccc2c1OCO2. The Balaban J connectivity index is 1.76. The summed E-state index contributed by atoms with van der Waals surface area (Å²) < 4.78 is 12.4. The predicted octanol–water partition coefficient (Wildman–Crippen LogP) is 5.69. The van der Waals surface area contributed by atoms with Crippen molar-refractivity contribution in [3.05, 3.63) is 74.9 Å². The Labute approximate surface area is 179 Å². The topological polar surface area (TPSA) is 90.9 Å². The number of pyridine rings is 1. The van der Waals surface area contributed by atoms with E-state index < -0.39 is 4.92 Å². The number of benzene rings is 2. The molecule has 5 rings (SSSR count). The van der Waals surface area contributed by atoms with Crippen molar-refractivity contribution >= 4 is 46.0 Å². The molecule has 10 heteroatoms. The number of nitro groups is 1. The lowest BCUT2D eigenvalue weighted by atomic mass is 10.1. The number of ether oxygens (including phenoxy) is 2. The second kappa shape index (κ2) is 7.08. The fraction of sp³-hybridized carbons (Fsp3) is 0.0500. The third-order valence-electron chi connectivity index (χ3n) is 4.64. The highest BCUT2D eigenvalue weighted by atomic mass is 35.5. The summed E-state index contributed by atoms with van der Waals surface area (Å²) in [7, 11) is 0. The van der Waals surface area contributed by atoms with Gasteiger partial charge in [0.2, 0.25) is 12.5 Å². The normalized spacial score (nSPS) is 12.3. The molecular formula is C20H12Cl2N4O4. The van der Waals surface area contributed by atoms with Crippen molar-refractivity contribution in [2.24, 2.45) is 0 Å². The number of nitro benzene ring substituents is 1. The molecule has 0 aliphatic carbocycles. The fourth-order valence-electron chi connectivity index (χ4n) is 3.33. The van der Waals surface area contributed by atoms with E-state index in [0.29, 0.717) is 38.5 Å². The van der Waals surface area contributed by atoms with Gasteiger partial charge in [0.25, 0.3) is 0 Å². The number of aromatic nitrogens is 2. The lowest BCUT2D eigenvalue weighted by molar-refractivity contribution is -0.385.